The molecule has 362 valence electrons. The maximum Gasteiger partial charge on any atom is 0.472 e. The fraction of sp³-hybridized carbons (Fsp3) is 0.698. The Kier molecular flexibility index (Phi) is 46.5. The zero-order valence-corrected chi connectivity index (χ0v) is 40.9. The molecule has 10 heteroatoms. The van der Waals surface area contributed by atoms with E-state index in [0.717, 1.165) is 77.0 Å². The van der Waals surface area contributed by atoms with Gasteiger partial charge in [-0.25, -0.2) is 4.57 Å². The first-order chi connectivity index (χ1) is 30.8. The number of carbonyl (C=O) groups is 2. The molecule has 2 atom stereocenters. The molecule has 0 fully saturated rings. The molecule has 2 unspecified atom stereocenters. The molecule has 0 bridgehead atoms. The SMILES string of the molecule is CC/C=C\C/C=C\C/C=C\C/C=C\C/C=C\CCCCCC(=O)OC(COC(=O)CCCCCCCCCCCCC/C=C\C/C=C\CCCCCCC)COP(=O)(O)OCCN. The van der Waals surface area contributed by atoms with Gasteiger partial charge in [-0.3, -0.25) is 18.6 Å². The van der Waals surface area contributed by atoms with Crippen LogP contribution in [0.3, 0.4) is 0 Å². The third-order valence-electron chi connectivity index (χ3n) is 10.3. The predicted octanol–water partition coefficient (Wildman–Crippen LogP) is 15.2. The number of unbranched alkanes of at least 4 members (excludes halogenated alkanes) is 19. The average Bonchev–Trinajstić information content (AvgIpc) is 3.27. The van der Waals surface area contributed by atoms with Gasteiger partial charge in [0.25, 0.3) is 0 Å². The molecule has 3 N–H and O–H groups in total. The van der Waals surface area contributed by atoms with E-state index in [-0.39, 0.29) is 32.6 Å². The van der Waals surface area contributed by atoms with E-state index >= 15 is 0 Å². The van der Waals surface area contributed by atoms with Gasteiger partial charge in [0.05, 0.1) is 13.2 Å². The van der Waals surface area contributed by atoms with Crippen molar-refractivity contribution in [2.24, 2.45) is 5.73 Å². The first-order valence-electron chi connectivity index (χ1n) is 25.1. The van der Waals surface area contributed by atoms with Crippen LogP contribution >= 0.6 is 7.82 Å². The van der Waals surface area contributed by atoms with E-state index in [1.807, 2.05) is 0 Å². The molecule has 0 amide bonds. The summed E-state index contributed by atoms with van der Waals surface area (Å²) in [6.45, 7) is 3.57. The lowest BCUT2D eigenvalue weighted by atomic mass is 10.0. The van der Waals surface area contributed by atoms with Gasteiger partial charge in [-0.05, 0) is 89.9 Å². The van der Waals surface area contributed by atoms with Crippen molar-refractivity contribution < 1.29 is 37.6 Å². The standard InChI is InChI=1S/C53H92NO8P/c1-3-5-7-9-11-13-15-17-19-21-23-24-25-26-28-29-31-33-35-37-39-41-43-45-52(55)59-49-51(50-61-63(57,58)60-48-47-54)62-53(56)46-44-42-40-38-36-34-32-30-27-22-20-18-16-14-12-10-8-6-4-2/h6,8,12,14-15,17-18,20-21,23,27,30,34,36,51H,3-5,7,9-11,13,16,19,22,24-26,28-29,31-33,35,37-50,54H2,1-2H3,(H,57,58)/b8-6-,14-12-,17-15-,20-18-,23-21-,30-27-,36-34-. The fourth-order valence-corrected chi connectivity index (χ4v) is 7.34. The van der Waals surface area contributed by atoms with Crippen LogP contribution in [0.25, 0.3) is 0 Å². The first kappa shape index (κ1) is 60.2. The van der Waals surface area contributed by atoms with Crippen LogP contribution in [0, 0.1) is 0 Å². The van der Waals surface area contributed by atoms with Crippen LogP contribution in [-0.2, 0) is 32.7 Å². The third kappa shape index (κ3) is 48.5. The van der Waals surface area contributed by atoms with Crippen molar-refractivity contribution in [1.82, 2.24) is 0 Å². The number of phosphoric ester groups is 1. The summed E-state index contributed by atoms with van der Waals surface area (Å²) in [7, 11) is -4.40. The number of rotatable bonds is 46. The highest BCUT2D eigenvalue weighted by atomic mass is 31.2. The third-order valence-corrected chi connectivity index (χ3v) is 11.2. The fourth-order valence-electron chi connectivity index (χ4n) is 6.57. The maximum absolute atomic E-state index is 12.6. The van der Waals surface area contributed by atoms with E-state index in [1.165, 1.54) is 96.3 Å². The molecular formula is C53H92NO8P. The number of ether oxygens (including phenoxy) is 2. The maximum atomic E-state index is 12.6. The van der Waals surface area contributed by atoms with Gasteiger partial charge < -0.3 is 20.1 Å². The summed E-state index contributed by atoms with van der Waals surface area (Å²) < 4.78 is 32.9. The van der Waals surface area contributed by atoms with Crippen molar-refractivity contribution in [2.45, 2.75) is 213 Å². The Labute approximate surface area is 385 Å². The molecule has 0 rings (SSSR count). The molecule has 63 heavy (non-hydrogen) atoms. The Balaban J connectivity index is 4.12. The number of carbonyl (C=O) groups excluding carboxylic acids is 2. The van der Waals surface area contributed by atoms with Crippen molar-refractivity contribution in [2.75, 3.05) is 26.4 Å². The lowest BCUT2D eigenvalue weighted by Crippen LogP contribution is -2.29. The minimum atomic E-state index is -4.40. The highest BCUT2D eigenvalue weighted by Gasteiger charge is 2.26. The molecule has 9 nitrogen and oxygen atoms in total. The van der Waals surface area contributed by atoms with Crippen molar-refractivity contribution in [3.63, 3.8) is 0 Å². The van der Waals surface area contributed by atoms with E-state index in [2.05, 4.69) is 98.9 Å². The highest BCUT2D eigenvalue weighted by Crippen LogP contribution is 2.43. The summed E-state index contributed by atoms with van der Waals surface area (Å²) in [5, 5.41) is 0. The van der Waals surface area contributed by atoms with Gasteiger partial charge >= 0.3 is 19.8 Å². The minimum Gasteiger partial charge on any atom is -0.462 e. The summed E-state index contributed by atoms with van der Waals surface area (Å²) in [4.78, 5) is 35.0. The Morgan fingerprint density at radius 1 is 0.492 bits per heavy atom. The summed E-state index contributed by atoms with van der Waals surface area (Å²) in [6.07, 6.45) is 61.9. The molecule has 0 saturated carbocycles. The van der Waals surface area contributed by atoms with Gasteiger partial charge in [-0.15, -0.1) is 0 Å². The lowest BCUT2D eigenvalue weighted by molar-refractivity contribution is -0.161. The number of phosphoric acid groups is 1. The van der Waals surface area contributed by atoms with E-state index in [4.69, 9.17) is 24.3 Å². The molecule has 0 aliphatic carbocycles. The van der Waals surface area contributed by atoms with Crippen molar-refractivity contribution in [3.8, 4) is 0 Å². The minimum absolute atomic E-state index is 0.0432. The van der Waals surface area contributed by atoms with Gasteiger partial charge in [-0.1, -0.05) is 189 Å². The molecule has 0 aromatic heterocycles. The van der Waals surface area contributed by atoms with Crippen LogP contribution < -0.4 is 5.73 Å². The molecule has 0 saturated heterocycles. The topological polar surface area (TPSA) is 134 Å². The van der Waals surface area contributed by atoms with E-state index in [9.17, 15) is 19.0 Å². The molecule has 0 spiro atoms. The Morgan fingerprint density at radius 3 is 1.32 bits per heavy atom. The molecular weight excluding hydrogens is 810 g/mol. The normalized spacial score (nSPS) is 13.9. The van der Waals surface area contributed by atoms with Crippen molar-refractivity contribution in [3.05, 3.63) is 85.1 Å². The quantitative estimate of drug-likeness (QED) is 0.0265. The Morgan fingerprint density at radius 2 is 0.873 bits per heavy atom. The largest absolute Gasteiger partial charge is 0.472 e. The van der Waals surface area contributed by atoms with Gasteiger partial charge in [0.2, 0.25) is 0 Å². The second-order valence-electron chi connectivity index (χ2n) is 16.3. The second kappa shape index (κ2) is 48.6. The van der Waals surface area contributed by atoms with E-state index in [1.54, 1.807) is 0 Å². The molecule has 0 aromatic rings. The lowest BCUT2D eigenvalue weighted by Gasteiger charge is -2.19. The summed E-state index contributed by atoms with van der Waals surface area (Å²) in [5.74, 6) is -0.871. The van der Waals surface area contributed by atoms with Gasteiger partial charge in [0.15, 0.2) is 6.10 Å². The van der Waals surface area contributed by atoms with E-state index < -0.39 is 32.5 Å². The highest BCUT2D eigenvalue weighted by molar-refractivity contribution is 7.47. The molecule has 0 aliphatic heterocycles. The molecule has 0 heterocycles. The smallest absolute Gasteiger partial charge is 0.462 e. The number of hydrogen-bond donors (Lipinski definition) is 2. The Bertz CT molecular complexity index is 1300. The molecule has 0 radical (unpaired) electrons. The van der Waals surface area contributed by atoms with Crippen LogP contribution in [0.15, 0.2) is 85.1 Å². The zero-order valence-electron chi connectivity index (χ0n) is 40.0. The average molecular weight is 902 g/mol. The van der Waals surface area contributed by atoms with Crippen LogP contribution in [0.1, 0.15) is 206 Å². The monoisotopic (exact) mass is 902 g/mol. The Hall–Kier alpha value is -2.81. The number of hydrogen-bond acceptors (Lipinski definition) is 8. The molecule has 0 aromatic carbocycles. The van der Waals surface area contributed by atoms with Gasteiger partial charge in [-0.2, -0.15) is 0 Å². The van der Waals surface area contributed by atoms with Crippen LogP contribution in [0.2, 0.25) is 0 Å². The van der Waals surface area contributed by atoms with Gasteiger partial charge in [0.1, 0.15) is 6.61 Å². The number of allylic oxidation sites excluding steroid dienone is 14. The van der Waals surface area contributed by atoms with E-state index in [0.29, 0.717) is 6.42 Å². The van der Waals surface area contributed by atoms with Crippen LogP contribution in [0.5, 0.6) is 0 Å². The van der Waals surface area contributed by atoms with Crippen LogP contribution in [0.4, 0.5) is 0 Å². The molecule has 0 aliphatic rings. The summed E-state index contributed by atoms with van der Waals surface area (Å²) in [5.41, 5.74) is 5.36. The predicted molar refractivity (Wildman–Crippen MR) is 265 cm³/mol. The summed E-state index contributed by atoms with van der Waals surface area (Å²) in [6, 6.07) is 0. The summed E-state index contributed by atoms with van der Waals surface area (Å²) >= 11 is 0. The van der Waals surface area contributed by atoms with Gasteiger partial charge in [0, 0.05) is 19.4 Å². The second-order valence-corrected chi connectivity index (χ2v) is 17.8. The zero-order chi connectivity index (χ0) is 46.0. The number of nitrogens with two attached hydrogens (primary N) is 1. The van der Waals surface area contributed by atoms with Crippen molar-refractivity contribution in [1.29, 1.82) is 0 Å². The first-order valence-corrected chi connectivity index (χ1v) is 26.6. The van der Waals surface area contributed by atoms with Crippen molar-refractivity contribution >= 4 is 19.8 Å². The van der Waals surface area contributed by atoms with Crippen LogP contribution in [-0.4, -0.2) is 49.3 Å². The number of esters is 2.